The second-order valence-electron chi connectivity index (χ2n) is 3.04. The number of rotatable bonds is 1. The average Bonchev–Trinajstić information content (AvgIpc) is 1.85. The van der Waals surface area contributed by atoms with Crippen LogP contribution in [-0.2, 0) is 4.79 Å². The van der Waals surface area contributed by atoms with Crippen LogP contribution in [0, 0.1) is 5.92 Å². The molecule has 0 aliphatic heterocycles. The zero-order valence-corrected chi connectivity index (χ0v) is 7.05. The highest BCUT2D eigenvalue weighted by molar-refractivity contribution is 6.22. The van der Waals surface area contributed by atoms with Crippen LogP contribution in [-0.4, -0.2) is 17.3 Å². The minimum absolute atomic E-state index is 0.135. The average molecular weight is 177 g/mol. The smallest absolute Gasteiger partial charge is 0.223 e. The number of hydrogen-bond donors (Lipinski definition) is 2. The van der Waals surface area contributed by atoms with Crippen LogP contribution in [0.3, 0.4) is 0 Å². The Morgan fingerprint density at radius 3 is 2.45 bits per heavy atom. The molecule has 64 valence electrons. The lowest BCUT2D eigenvalue weighted by molar-refractivity contribution is -0.123. The summed E-state index contributed by atoms with van der Waals surface area (Å²) in [4.78, 5) is 10.8. The van der Waals surface area contributed by atoms with Crippen molar-refractivity contribution < 1.29 is 4.79 Å². The molecule has 1 aliphatic rings. The summed E-state index contributed by atoms with van der Waals surface area (Å²) >= 11 is 5.89. The molecular weight excluding hydrogens is 164 g/mol. The Hall–Kier alpha value is -0.280. The van der Waals surface area contributed by atoms with Gasteiger partial charge < -0.3 is 11.5 Å². The normalized spacial score (nSPS) is 38.5. The Kier molecular flexibility index (Phi) is 2.73. The van der Waals surface area contributed by atoms with E-state index in [1.54, 1.807) is 0 Å². The summed E-state index contributed by atoms with van der Waals surface area (Å²) in [5, 5.41) is -0.156. The molecule has 1 amide bonds. The number of hydrogen-bond acceptors (Lipinski definition) is 2. The maximum absolute atomic E-state index is 10.8. The van der Waals surface area contributed by atoms with Crippen molar-refractivity contribution in [2.24, 2.45) is 17.4 Å². The molecule has 0 heterocycles. The second-order valence-corrected chi connectivity index (χ2v) is 3.60. The fourth-order valence-corrected chi connectivity index (χ4v) is 2.03. The zero-order chi connectivity index (χ0) is 8.43. The molecule has 0 saturated heterocycles. The third-order valence-corrected chi connectivity index (χ3v) is 2.69. The number of nitrogens with two attached hydrogens (primary N) is 2. The molecular formula is C7H13ClN2O. The molecule has 1 rings (SSSR count). The van der Waals surface area contributed by atoms with Crippen molar-refractivity contribution in [1.82, 2.24) is 0 Å². The molecule has 4 N–H and O–H groups in total. The standard InChI is InChI=1S/C7H13ClN2O/c8-4-2-1-3-5(9)6(4)7(10)11/h4-6H,1-3,9H2,(H2,10,11). The van der Waals surface area contributed by atoms with Crippen LogP contribution in [0.15, 0.2) is 0 Å². The topological polar surface area (TPSA) is 69.1 Å². The highest BCUT2D eigenvalue weighted by Gasteiger charge is 2.33. The summed E-state index contributed by atoms with van der Waals surface area (Å²) in [6, 6.07) is -0.135. The molecule has 3 unspecified atom stereocenters. The lowest BCUT2D eigenvalue weighted by Gasteiger charge is -2.30. The van der Waals surface area contributed by atoms with Gasteiger partial charge in [0.2, 0.25) is 5.91 Å². The molecule has 0 spiro atoms. The van der Waals surface area contributed by atoms with Crippen molar-refractivity contribution in [2.45, 2.75) is 30.7 Å². The van der Waals surface area contributed by atoms with E-state index in [0.717, 1.165) is 19.3 Å². The largest absolute Gasteiger partial charge is 0.369 e. The van der Waals surface area contributed by atoms with Gasteiger partial charge in [-0.1, -0.05) is 6.42 Å². The van der Waals surface area contributed by atoms with Gasteiger partial charge in [0.25, 0.3) is 0 Å². The van der Waals surface area contributed by atoms with E-state index in [0.29, 0.717) is 0 Å². The van der Waals surface area contributed by atoms with Crippen LogP contribution in [0.1, 0.15) is 19.3 Å². The maximum Gasteiger partial charge on any atom is 0.223 e. The Bertz CT molecular complexity index is 153. The fraction of sp³-hybridized carbons (Fsp3) is 0.857. The number of carbonyl (C=O) groups excluding carboxylic acids is 1. The lowest BCUT2D eigenvalue weighted by Crippen LogP contribution is -2.46. The first-order valence-corrected chi connectivity index (χ1v) is 4.25. The highest BCUT2D eigenvalue weighted by atomic mass is 35.5. The number of carbonyl (C=O) groups is 1. The molecule has 1 aliphatic carbocycles. The van der Waals surface area contributed by atoms with Crippen molar-refractivity contribution in [2.75, 3.05) is 0 Å². The molecule has 0 aromatic carbocycles. The van der Waals surface area contributed by atoms with E-state index in [2.05, 4.69) is 0 Å². The fourth-order valence-electron chi connectivity index (χ4n) is 1.57. The Morgan fingerprint density at radius 1 is 1.45 bits per heavy atom. The summed E-state index contributed by atoms with van der Waals surface area (Å²) in [6.07, 6.45) is 2.71. The number of alkyl halides is 1. The Labute approximate surface area is 71.1 Å². The molecule has 0 aromatic heterocycles. The molecule has 3 nitrogen and oxygen atoms in total. The van der Waals surface area contributed by atoms with Crippen molar-refractivity contribution >= 4 is 17.5 Å². The predicted molar refractivity (Wildman–Crippen MR) is 44.2 cm³/mol. The summed E-state index contributed by atoms with van der Waals surface area (Å²) < 4.78 is 0. The summed E-state index contributed by atoms with van der Waals surface area (Å²) in [7, 11) is 0. The summed E-state index contributed by atoms with van der Waals surface area (Å²) in [5.41, 5.74) is 10.8. The van der Waals surface area contributed by atoms with E-state index in [4.69, 9.17) is 23.1 Å². The second kappa shape index (κ2) is 3.41. The third-order valence-electron chi connectivity index (χ3n) is 2.20. The molecule has 1 saturated carbocycles. The van der Waals surface area contributed by atoms with Crippen LogP contribution >= 0.6 is 11.6 Å². The van der Waals surface area contributed by atoms with E-state index in [9.17, 15) is 4.79 Å². The maximum atomic E-state index is 10.8. The van der Waals surface area contributed by atoms with Crippen molar-refractivity contribution in [1.29, 1.82) is 0 Å². The van der Waals surface area contributed by atoms with E-state index in [-0.39, 0.29) is 23.2 Å². The van der Waals surface area contributed by atoms with E-state index >= 15 is 0 Å². The van der Waals surface area contributed by atoms with Crippen molar-refractivity contribution in [3.8, 4) is 0 Å². The SMILES string of the molecule is NC(=O)C1C(N)CCCC1Cl. The lowest BCUT2D eigenvalue weighted by atomic mass is 9.84. The van der Waals surface area contributed by atoms with Gasteiger partial charge in [-0.2, -0.15) is 0 Å². The van der Waals surface area contributed by atoms with Gasteiger partial charge in [0.05, 0.1) is 5.92 Å². The monoisotopic (exact) mass is 176 g/mol. The Morgan fingerprint density at radius 2 is 2.09 bits per heavy atom. The highest BCUT2D eigenvalue weighted by Crippen LogP contribution is 2.27. The minimum Gasteiger partial charge on any atom is -0.369 e. The molecule has 0 bridgehead atoms. The minimum atomic E-state index is -0.364. The number of halogens is 1. The van der Waals surface area contributed by atoms with Crippen LogP contribution in [0.25, 0.3) is 0 Å². The van der Waals surface area contributed by atoms with Crippen molar-refractivity contribution in [3.05, 3.63) is 0 Å². The third kappa shape index (κ3) is 1.84. The van der Waals surface area contributed by atoms with Gasteiger partial charge in [-0.05, 0) is 12.8 Å². The van der Waals surface area contributed by atoms with Gasteiger partial charge in [0.15, 0.2) is 0 Å². The first-order valence-electron chi connectivity index (χ1n) is 3.82. The first kappa shape index (κ1) is 8.81. The van der Waals surface area contributed by atoms with Gasteiger partial charge in [-0.3, -0.25) is 4.79 Å². The molecule has 11 heavy (non-hydrogen) atoms. The van der Waals surface area contributed by atoms with E-state index < -0.39 is 0 Å². The molecule has 4 heteroatoms. The molecule has 1 fully saturated rings. The van der Waals surface area contributed by atoms with Crippen LogP contribution in [0.4, 0.5) is 0 Å². The van der Waals surface area contributed by atoms with Gasteiger partial charge in [-0.25, -0.2) is 0 Å². The van der Waals surface area contributed by atoms with Crippen LogP contribution < -0.4 is 11.5 Å². The predicted octanol–water partition coefficient (Wildman–Crippen LogP) is 0.206. The van der Waals surface area contributed by atoms with Crippen molar-refractivity contribution in [3.63, 3.8) is 0 Å². The summed E-state index contributed by atoms with van der Waals surface area (Å²) in [5.74, 6) is -0.692. The van der Waals surface area contributed by atoms with Gasteiger partial charge in [-0.15, -0.1) is 11.6 Å². The zero-order valence-electron chi connectivity index (χ0n) is 6.29. The van der Waals surface area contributed by atoms with Gasteiger partial charge in [0.1, 0.15) is 0 Å². The van der Waals surface area contributed by atoms with E-state index in [1.165, 1.54) is 0 Å². The molecule has 0 radical (unpaired) electrons. The quantitative estimate of drug-likeness (QED) is 0.561. The van der Waals surface area contributed by atoms with Crippen LogP contribution in [0.5, 0.6) is 0 Å². The van der Waals surface area contributed by atoms with Gasteiger partial charge in [0, 0.05) is 11.4 Å². The molecule has 3 atom stereocenters. The number of primary amides is 1. The molecule has 0 aromatic rings. The first-order chi connectivity index (χ1) is 5.13. The van der Waals surface area contributed by atoms with Gasteiger partial charge >= 0.3 is 0 Å². The number of amides is 1. The Balaban J connectivity index is 2.62. The summed E-state index contributed by atoms with van der Waals surface area (Å²) in [6.45, 7) is 0. The van der Waals surface area contributed by atoms with E-state index in [1.807, 2.05) is 0 Å². The van der Waals surface area contributed by atoms with Crippen LogP contribution in [0.2, 0.25) is 0 Å².